The summed E-state index contributed by atoms with van der Waals surface area (Å²) in [6.45, 7) is 6.99. The monoisotopic (exact) mass is 400 g/mol. The molecule has 2 heterocycles. The fourth-order valence-corrected chi connectivity index (χ4v) is 5.79. The number of hydrogen-bond donors (Lipinski definition) is 1. The molecule has 0 atom stereocenters. The van der Waals surface area contributed by atoms with E-state index in [1.165, 1.54) is 22.3 Å². The maximum atomic E-state index is 11.5. The summed E-state index contributed by atoms with van der Waals surface area (Å²) in [7, 11) is 0. The van der Waals surface area contributed by atoms with Crippen molar-refractivity contribution in [2.24, 2.45) is 0 Å². The van der Waals surface area contributed by atoms with E-state index < -0.39 is 11.4 Å². The Labute approximate surface area is 173 Å². The summed E-state index contributed by atoms with van der Waals surface area (Å²) in [5.74, 6) is -0.841. The molecule has 0 radical (unpaired) electrons. The van der Waals surface area contributed by atoms with Gasteiger partial charge >= 0.3 is 0 Å². The minimum Gasteiger partial charge on any atom is -0.385 e. The van der Waals surface area contributed by atoms with Crippen molar-refractivity contribution >= 4 is 5.57 Å². The Kier molecular flexibility index (Phi) is 4.87. The highest BCUT2D eigenvalue weighted by molar-refractivity contribution is 5.68. The normalized spacial score (nSPS) is 27.5. The quantitative estimate of drug-likeness (QED) is 0.809. The Hall–Kier alpha value is -1.24. The molecule has 1 N–H and O–H groups in total. The number of ether oxygens (including phenoxy) is 4. The molecule has 5 heteroatoms. The van der Waals surface area contributed by atoms with Gasteiger partial charge < -0.3 is 24.1 Å². The van der Waals surface area contributed by atoms with Gasteiger partial charge in [0.1, 0.15) is 0 Å². The molecule has 0 unspecified atom stereocenters. The number of hydrogen-bond acceptors (Lipinski definition) is 5. The van der Waals surface area contributed by atoms with Crippen molar-refractivity contribution in [3.8, 4) is 0 Å². The number of allylic oxidation sites excluding steroid dienone is 1. The number of rotatable bonds is 2. The molecular weight excluding hydrogens is 368 g/mol. The minimum atomic E-state index is -0.802. The van der Waals surface area contributed by atoms with Gasteiger partial charge in [-0.05, 0) is 60.9 Å². The maximum Gasteiger partial charge on any atom is 0.172 e. The molecule has 0 amide bonds. The molecule has 2 aliphatic carbocycles. The first kappa shape index (κ1) is 19.7. The summed E-state index contributed by atoms with van der Waals surface area (Å²) in [5, 5.41) is 11.5. The fourth-order valence-electron chi connectivity index (χ4n) is 5.79. The lowest BCUT2D eigenvalue weighted by atomic mass is 9.73. The van der Waals surface area contributed by atoms with Gasteiger partial charge in [-0.25, -0.2) is 0 Å². The molecule has 3 fully saturated rings. The second kappa shape index (κ2) is 7.17. The van der Waals surface area contributed by atoms with Crippen molar-refractivity contribution in [1.82, 2.24) is 0 Å². The van der Waals surface area contributed by atoms with Crippen LogP contribution in [0.3, 0.4) is 0 Å². The third kappa shape index (κ3) is 3.47. The Bertz CT molecular complexity index is 782. The van der Waals surface area contributed by atoms with Gasteiger partial charge in [-0.15, -0.1) is 0 Å². The lowest BCUT2D eigenvalue weighted by Gasteiger charge is -2.42. The molecule has 2 saturated heterocycles. The van der Waals surface area contributed by atoms with Crippen molar-refractivity contribution in [2.45, 2.75) is 76.0 Å². The average Bonchev–Trinajstić information content (AvgIpc) is 3.35. The molecule has 1 aromatic carbocycles. The Morgan fingerprint density at radius 3 is 1.83 bits per heavy atom. The predicted molar refractivity (Wildman–Crippen MR) is 109 cm³/mol. The molecule has 5 rings (SSSR count). The van der Waals surface area contributed by atoms with Crippen LogP contribution in [-0.4, -0.2) is 43.1 Å². The van der Waals surface area contributed by atoms with Gasteiger partial charge in [0.2, 0.25) is 0 Å². The Morgan fingerprint density at radius 2 is 1.31 bits per heavy atom. The molecule has 0 bridgehead atoms. The van der Waals surface area contributed by atoms with Gasteiger partial charge in [-0.3, -0.25) is 0 Å². The molecule has 1 saturated carbocycles. The molecule has 29 heavy (non-hydrogen) atoms. The van der Waals surface area contributed by atoms with Crippen LogP contribution in [0.5, 0.6) is 0 Å². The highest BCUT2D eigenvalue weighted by Gasteiger charge is 2.47. The van der Waals surface area contributed by atoms with Crippen molar-refractivity contribution in [3.05, 3.63) is 40.5 Å². The topological polar surface area (TPSA) is 57.2 Å². The van der Waals surface area contributed by atoms with Crippen LogP contribution in [0.4, 0.5) is 0 Å². The average molecular weight is 401 g/mol. The number of aryl methyl sites for hydroxylation is 2. The van der Waals surface area contributed by atoms with E-state index in [1.54, 1.807) is 0 Å². The summed E-state index contributed by atoms with van der Waals surface area (Å²) in [5.41, 5.74) is 5.24. The molecule has 0 aromatic heterocycles. The molecule has 4 aliphatic rings. The maximum absolute atomic E-state index is 11.5. The van der Waals surface area contributed by atoms with Gasteiger partial charge in [0, 0.05) is 25.7 Å². The van der Waals surface area contributed by atoms with E-state index in [0.717, 1.165) is 37.7 Å². The smallest absolute Gasteiger partial charge is 0.172 e. The largest absolute Gasteiger partial charge is 0.385 e. The predicted octanol–water partition coefficient (Wildman–Crippen LogP) is 4.12. The molecule has 2 spiro atoms. The summed E-state index contributed by atoms with van der Waals surface area (Å²) in [4.78, 5) is 0. The van der Waals surface area contributed by atoms with Crippen molar-refractivity contribution in [1.29, 1.82) is 0 Å². The SMILES string of the molecule is Cc1cc(C2=CCC3(CC2)OCCO3)cc(C)c1C1(O)CCC2(CC1)OCCO2. The van der Waals surface area contributed by atoms with Crippen molar-refractivity contribution < 1.29 is 24.1 Å². The second-order valence-electron chi connectivity index (χ2n) is 9.17. The van der Waals surface area contributed by atoms with Crippen molar-refractivity contribution in [2.75, 3.05) is 26.4 Å². The van der Waals surface area contributed by atoms with E-state index in [-0.39, 0.29) is 5.79 Å². The van der Waals surface area contributed by atoms with E-state index in [4.69, 9.17) is 18.9 Å². The summed E-state index contributed by atoms with van der Waals surface area (Å²) < 4.78 is 23.4. The molecule has 158 valence electrons. The second-order valence-corrected chi connectivity index (χ2v) is 9.17. The number of aliphatic hydroxyl groups is 1. The van der Waals surface area contributed by atoms with Crippen LogP contribution in [0.1, 0.15) is 67.2 Å². The van der Waals surface area contributed by atoms with E-state index in [2.05, 4.69) is 32.1 Å². The zero-order chi connectivity index (χ0) is 20.1. The van der Waals surface area contributed by atoms with Gasteiger partial charge in [0.15, 0.2) is 11.6 Å². The third-order valence-corrected chi connectivity index (χ3v) is 7.27. The van der Waals surface area contributed by atoms with Gasteiger partial charge in [0.05, 0.1) is 32.0 Å². The van der Waals surface area contributed by atoms with Crippen LogP contribution in [0.15, 0.2) is 18.2 Å². The van der Waals surface area contributed by atoms with Crippen LogP contribution < -0.4 is 0 Å². The van der Waals surface area contributed by atoms with E-state index in [9.17, 15) is 5.11 Å². The van der Waals surface area contributed by atoms with Crippen LogP contribution in [0.25, 0.3) is 5.57 Å². The zero-order valence-corrected chi connectivity index (χ0v) is 17.6. The van der Waals surface area contributed by atoms with Crippen LogP contribution in [-0.2, 0) is 24.5 Å². The van der Waals surface area contributed by atoms with E-state index >= 15 is 0 Å². The van der Waals surface area contributed by atoms with Gasteiger partial charge in [0.25, 0.3) is 0 Å². The molecule has 2 aliphatic heterocycles. The summed E-state index contributed by atoms with van der Waals surface area (Å²) in [6, 6.07) is 4.49. The fraction of sp³-hybridized carbons (Fsp3) is 0.667. The summed E-state index contributed by atoms with van der Waals surface area (Å²) >= 11 is 0. The third-order valence-electron chi connectivity index (χ3n) is 7.27. The van der Waals surface area contributed by atoms with E-state index in [1.807, 2.05) is 0 Å². The first-order valence-corrected chi connectivity index (χ1v) is 11.0. The van der Waals surface area contributed by atoms with Crippen LogP contribution in [0.2, 0.25) is 0 Å². The first-order chi connectivity index (χ1) is 13.9. The zero-order valence-electron chi connectivity index (χ0n) is 17.6. The lowest BCUT2D eigenvalue weighted by molar-refractivity contribution is -0.204. The number of benzene rings is 1. The molecule has 5 nitrogen and oxygen atoms in total. The molecular formula is C24H32O5. The first-order valence-electron chi connectivity index (χ1n) is 11.0. The van der Waals surface area contributed by atoms with Crippen molar-refractivity contribution in [3.63, 3.8) is 0 Å². The summed E-state index contributed by atoms with van der Waals surface area (Å²) in [6.07, 6.45) is 7.80. The standard InChI is InChI=1S/C24H32O5/c1-17-15-20(19-3-5-23(6-4-19)26-11-12-27-23)16-18(2)21(17)22(25)7-9-24(10-8-22)28-13-14-29-24/h3,15-16,25H,4-14H2,1-2H3. The Morgan fingerprint density at radius 1 is 0.759 bits per heavy atom. The van der Waals surface area contributed by atoms with Crippen LogP contribution in [0, 0.1) is 13.8 Å². The minimum absolute atomic E-state index is 0.384. The Balaban J connectivity index is 1.37. The van der Waals surface area contributed by atoms with Gasteiger partial charge in [-0.1, -0.05) is 18.2 Å². The van der Waals surface area contributed by atoms with E-state index in [0.29, 0.717) is 39.3 Å². The van der Waals surface area contributed by atoms with Crippen LogP contribution >= 0.6 is 0 Å². The highest BCUT2D eigenvalue weighted by Crippen LogP contribution is 2.47. The lowest BCUT2D eigenvalue weighted by Crippen LogP contribution is -2.42. The molecule has 1 aromatic rings. The van der Waals surface area contributed by atoms with Gasteiger partial charge in [-0.2, -0.15) is 0 Å². The highest BCUT2D eigenvalue weighted by atomic mass is 16.7.